The van der Waals surface area contributed by atoms with Crippen molar-refractivity contribution in [3.63, 3.8) is 0 Å². The molecule has 0 aliphatic carbocycles. The van der Waals surface area contributed by atoms with Gasteiger partial charge in [-0.15, -0.1) is 11.8 Å². The van der Waals surface area contributed by atoms with Gasteiger partial charge in [0.1, 0.15) is 0 Å². The first-order chi connectivity index (χ1) is 2.89. The van der Waals surface area contributed by atoms with Gasteiger partial charge in [-0.1, -0.05) is 0 Å². The molecular weight excluding hydrogens is 94.1 g/mol. The van der Waals surface area contributed by atoms with E-state index >= 15 is 0 Å². The lowest BCUT2D eigenvalue weighted by Crippen LogP contribution is -2.15. The van der Waals surface area contributed by atoms with Gasteiger partial charge in [-0.2, -0.15) is 0 Å². The molecule has 1 saturated heterocycles. The number of thioether (sulfide) groups is 1. The molecule has 1 atom stereocenters. The van der Waals surface area contributed by atoms with Crippen LogP contribution in [0.2, 0.25) is 0 Å². The minimum Gasteiger partial charge on any atom is -0.300 e. The zero-order chi connectivity index (χ0) is 4.41. The highest BCUT2D eigenvalue weighted by molar-refractivity contribution is 8.01. The summed E-state index contributed by atoms with van der Waals surface area (Å²) in [6, 6.07) is 0.704. The third kappa shape index (κ3) is 0.884. The monoisotopic (exact) mass is 102 g/mol. The second kappa shape index (κ2) is 1.85. The summed E-state index contributed by atoms with van der Waals surface area (Å²) in [4.78, 5) is 0. The molecule has 1 aliphatic heterocycles. The highest BCUT2D eigenvalue weighted by Crippen LogP contribution is 2.11. The van der Waals surface area contributed by atoms with Gasteiger partial charge in [0.15, 0.2) is 0 Å². The second-order valence-corrected chi connectivity index (χ2v) is 2.42. The molecule has 1 aliphatic rings. The van der Waals surface area contributed by atoms with E-state index in [1.165, 1.54) is 5.75 Å². The maximum atomic E-state index is 3.16. The molecule has 35 valence electrons. The molecule has 1 rings (SSSR count). The van der Waals surface area contributed by atoms with Crippen LogP contribution < -0.4 is 5.32 Å². The molecule has 0 aromatic heterocycles. The molecule has 1 N–H and O–H groups in total. The fourth-order valence-corrected chi connectivity index (χ4v) is 1.21. The first kappa shape index (κ1) is 4.47. The quantitative estimate of drug-likeness (QED) is 0.486. The predicted molar refractivity (Wildman–Crippen MR) is 29.4 cm³/mol. The molecule has 0 bridgehead atoms. The number of hydrogen-bond donors (Lipinski definition) is 1. The smallest absolute Gasteiger partial charge is 0.0785 e. The van der Waals surface area contributed by atoms with Gasteiger partial charge in [-0.05, 0) is 6.92 Å². The van der Waals surface area contributed by atoms with E-state index in [1.54, 1.807) is 0 Å². The van der Waals surface area contributed by atoms with Crippen molar-refractivity contribution in [2.24, 2.45) is 0 Å². The molecule has 1 fully saturated rings. The maximum Gasteiger partial charge on any atom is 0.0785 e. The van der Waals surface area contributed by atoms with Crippen LogP contribution in [0, 0.1) is 5.88 Å². The van der Waals surface area contributed by atoms with Crippen LogP contribution in [0.1, 0.15) is 6.92 Å². The molecule has 1 unspecified atom stereocenters. The standard InChI is InChI=1S/C4H8NS/c1-4-2-6-3-5-4/h3-5H,2H2,1H3. The summed E-state index contributed by atoms with van der Waals surface area (Å²) < 4.78 is 0. The Labute approximate surface area is 42.5 Å². The summed E-state index contributed by atoms with van der Waals surface area (Å²) in [5, 5.41) is 3.16. The van der Waals surface area contributed by atoms with Crippen molar-refractivity contribution in [2.45, 2.75) is 13.0 Å². The molecule has 2 heteroatoms. The molecule has 6 heavy (non-hydrogen) atoms. The van der Waals surface area contributed by atoms with E-state index in [1.807, 2.05) is 17.6 Å². The van der Waals surface area contributed by atoms with E-state index < -0.39 is 0 Å². The summed E-state index contributed by atoms with van der Waals surface area (Å²) in [5.74, 6) is 3.28. The third-order valence-corrected chi connectivity index (χ3v) is 1.78. The number of hydrogen-bond acceptors (Lipinski definition) is 2. The summed E-state index contributed by atoms with van der Waals surface area (Å²) >= 11 is 1.85. The van der Waals surface area contributed by atoms with E-state index in [4.69, 9.17) is 0 Å². The average Bonchev–Trinajstić information content (AvgIpc) is 1.86. The highest BCUT2D eigenvalue weighted by Gasteiger charge is 2.06. The summed E-state index contributed by atoms with van der Waals surface area (Å²) in [5.41, 5.74) is 0. The van der Waals surface area contributed by atoms with Crippen molar-refractivity contribution in [3.05, 3.63) is 5.88 Å². The second-order valence-electron chi connectivity index (χ2n) is 1.52. The van der Waals surface area contributed by atoms with Gasteiger partial charge in [0.05, 0.1) is 5.88 Å². The van der Waals surface area contributed by atoms with Crippen LogP contribution in [0.3, 0.4) is 0 Å². The summed E-state index contributed by atoms with van der Waals surface area (Å²) in [6.07, 6.45) is 0. The van der Waals surface area contributed by atoms with E-state index in [2.05, 4.69) is 12.2 Å². The van der Waals surface area contributed by atoms with Crippen molar-refractivity contribution in [1.29, 1.82) is 0 Å². The fourth-order valence-electron chi connectivity index (χ4n) is 0.405. The molecule has 0 aromatic carbocycles. The lowest BCUT2D eigenvalue weighted by Gasteiger charge is -1.93. The first-order valence-corrected chi connectivity index (χ1v) is 3.14. The Hall–Kier alpha value is 0.310. The average molecular weight is 102 g/mol. The minimum absolute atomic E-state index is 0.704. The lowest BCUT2D eigenvalue weighted by atomic mass is 10.4. The largest absolute Gasteiger partial charge is 0.300 e. The van der Waals surface area contributed by atoms with Crippen molar-refractivity contribution in [3.8, 4) is 0 Å². The van der Waals surface area contributed by atoms with Crippen LogP contribution in [-0.4, -0.2) is 11.8 Å². The fraction of sp³-hybridized carbons (Fsp3) is 0.750. The van der Waals surface area contributed by atoms with Gasteiger partial charge < -0.3 is 0 Å². The Balaban J connectivity index is 2.18. The minimum atomic E-state index is 0.704. The van der Waals surface area contributed by atoms with E-state index in [9.17, 15) is 0 Å². The van der Waals surface area contributed by atoms with Gasteiger partial charge in [0.2, 0.25) is 0 Å². The summed E-state index contributed by atoms with van der Waals surface area (Å²) in [7, 11) is 0. The number of nitrogens with one attached hydrogen (secondary N) is 1. The molecule has 1 heterocycles. The maximum absolute atomic E-state index is 3.16. The lowest BCUT2D eigenvalue weighted by molar-refractivity contribution is 0.725. The van der Waals surface area contributed by atoms with Crippen molar-refractivity contribution in [2.75, 3.05) is 5.75 Å². The van der Waals surface area contributed by atoms with Gasteiger partial charge in [-0.25, -0.2) is 0 Å². The SMILES string of the molecule is CC1CS[CH]N1. The van der Waals surface area contributed by atoms with Crippen LogP contribution in [0.4, 0.5) is 0 Å². The van der Waals surface area contributed by atoms with E-state index in [0.717, 1.165) is 0 Å². The zero-order valence-electron chi connectivity index (χ0n) is 3.77. The van der Waals surface area contributed by atoms with E-state index in [0.29, 0.717) is 6.04 Å². The van der Waals surface area contributed by atoms with Crippen LogP contribution in [0.25, 0.3) is 0 Å². The third-order valence-electron chi connectivity index (χ3n) is 0.782. The first-order valence-electron chi connectivity index (χ1n) is 2.09. The van der Waals surface area contributed by atoms with Gasteiger partial charge >= 0.3 is 0 Å². The Morgan fingerprint density at radius 2 is 2.83 bits per heavy atom. The molecule has 0 amide bonds. The van der Waals surface area contributed by atoms with Crippen molar-refractivity contribution >= 4 is 11.8 Å². The van der Waals surface area contributed by atoms with Crippen LogP contribution in [-0.2, 0) is 0 Å². The van der Waals surface area contributed by atoms with Gasteiger partial charge in [-0.3, -0.25) is 5.32 Å². The molecule has 1 radical (unpaired) electrons. The topological polar surface area (TPSA) is 12.0 Å². The van der Waals surface area contributed by atoms with Crippen molar-refractivity contribution < 1.29 is 0 Å². The Morgan fingerprint density at radius 1 is 2.00 bits per heavy atom. The Bertz CT molecular complexity index is 40.8. The van der Waals surface area contributed by atoms with Crippen LogP contribution in [0.5, 0.6) is 0 Å². The molecular formula is C4H8NS. The van der Waals surface area contributed by atoms with E-state index in [-0.39, 0.29) is 0 Å². The Kier molecular flexibility index (Phi) is 1.37. The van der Waals surface area contributed by atoms with Gasteiger partial charge in [0, 0.05) is 11.8 Å². The molecule has 1 nitrogen and oxygen atoms in total. The molecule has 0 spiro atoms. The van der Waals surface area contributed by atoms with Gasteiger partial charge in [0.25, 0.3) is 0 Å². The molecule has 0 aromatic rings. The molecule has 0 saturated carbocycles. The highest BCUT2D eigenvalue weighted by atomic mass is 32.2. The summed E-state index contributed by atoms with van der Waals surface area (Å²) in [6.45, 7) is 2.18. The van der Waals surface area contributed by atoms with Crippen LogP contribution in [0.15, 0.2) is 0 Å². The van der Waals surface area contributed by atoms with Crippen molar-refractivity contribution in [1.82, 2.24) is 5.32 Å². The predicted octanol–water partition coefficient (Wildman–Crippen LogP) is 0.831. The Morgan fingerprint density at radius 3 is 3.00 bits per heavy atom. The van der Waals surface area contributed by atoms with Crippen LogP contribution >= 0.6 is 11.8 Å². The normalized spacial score (nSPS) is 34.5. The number of rotatable bonds is 0. The zero-order valence-corrected chi connectivity index (χ0v) is 4.59.